The number of amides is 1. The maximum absolute atomic E-state index is 13.5. The normalized spacial score (nSPS) is 11.2. The van der Waals surface area contributed by atoms with Crippen molar-refractivity contribution in [3.63, 3.8) is 0 Å². The van der Waals surface area contributed by atoms with E-state index in [2.05, 4.69) is 36.5 Å². The van der Waals surface area contributed by atoms with E-state index >= 15 is 0 Å². The van der Waals surface area contributed by atoms with Gasteiger partial charge >= 0.3 is 6.18 Å². The minimum atomic E-state index is -4.86. The molecule has 0 saturated carbocycles. The second-order valence-electron chi connectivity index (χ2n) is 5.90. The van der Waals surface area contributed by atoms with Crippen LogP contribution in [-0.4, -0.2) is 15.9 Å². The van der Waals surface area contributed by atoms with E-state index in [9.17, 15) is 22.4 Å². The van der Waals surface area contributed by atoms with E-state index in [1.165, 1.54) is 24.3 Å². The highest BCUT2D eigenvalue weighted by Crippen LogP contribution is 2.31. The number of benzene rings is 2. The zero-order valence-corrected chi connectivity index (χ0v) is 16.2. The Morgan fingerprint density at radius 2 is 1.83 bits per heavy atom. The molecule has 0 fully saturated rings. The number of hydrogen-bond donors (Lipinski definition) is 2. The summed E-state index contributed by atoms with van der Waals surface area (Å²) in [7, 11) is 0. The lowest BCUT2D eigenvalue weighted by molar-refractivity contribution is -0.141. The molecule has 0 unspecified atom stereocenters. The molecule has 0 saturated heterocycles. The van der Waals surface area contributed by atoms with E-state index in [0.29, 0.717) is 11.3 Å². The smallest absolute Gasteiger partial charge is 0.348 e. The van der Waals surface area contributed by atoms with Gasteiger partial charge in [-0.2, -0.15) is 13.2 Å². The topological polar surface area (TPSA) is 66.9 Å². The molecule has 2 aromatic carbocycles. The molecule has 0 aliphatic rings. The number of aromatic nitrogens is 2. The fraction of sp³-hybridized carbons (Fsp3) is 0.105. The van der Waals surface area contributed by atoms with Crippen molar-refractivity contribution in [2.45, 2.75) is 12.7 Å². The van der Waals surface area contributed by atoms with Gasteiger partial charge in [0.15, 0.2) is 5.69 Å². The van der Waals surface area contributed by atoms with Crippen molar-refractivity contribution in [2.24, 2.45) is 0 Å². The number of carbonyl (C=O) groups is 1. The first kappa shape index (κ1) is 20.7. The van der Waals surface area contributed by atoms with Gasteiger partial charge in [-0.25, -0.2) is 14.4 Å². The van der Waals surface area contributed by atoms with Crippen LogP contribution < -0.4 is 10.6 Å². The summed E-state index contributed by atoms with van der Waals surface area (Å²) in [6.07, 6.45) is -4.05. The minimum absolute atomic E-state index is 0.0749. The lowest BCUT2D eigenvalue weighted by Gasteiger charge is -2.14. The Labute approximate surface area is 171 Å². The summed E-state index contributed by atoms with van der Waals surface area (Å²) in [6, 6.07) is 11.9. The summed E-state index contributed by atoms with van der Waals surface area (Å²) in [5.74, 6) is -1.75. The molecule has 0 aliphatic heterocycles. The Hall–Kier alpha value is -3.01. The Morgan fingerprint density at radius 1 is 1.10 bits per heavy atom. The van der Waals surface area contributed by atoms with E-state index in [1.807, 2.05) is 0 Å². The third-order valence-electron chi connectivity index (χ3n) is 3.75. The zero-order valence-electron chi connectivity index (χ0n) is 14.6. The predicted octanol–water partition coefficient (Wildman–Crippen LogP) is 5.07. The number of hydrogen-bond acceptors (Lipinski definition) is 4. The van der Waals surface area contributed by atoms with E-state index < -0.39 is 29.2 Å². The number of anilines is 2. The van der Waals surface area contributed by atoms with Crippen molar-refractivity contribution in [3.8, 4) is 0 Å². The molecular weight excluding hydrogens is 456 g/mol. The summed E-state index contributed by atoms with van der Waals surface area (Å²) in [6.45, 7) is -0.0749. The molecule has 5 nitrogen and oxygen atoms in total. The number of alkyl halides is 3. The first-order valence-corrected chi connectivity index (χ1v) is 9.01. The molecular formula is C19H13BrF4N4O. The average Bonchev–Trinajstić information content (AvgIpc) is 2.66. The molecule has 1 aromatic heterocycles. The lowest BCUT2D eigenvalue weighted by atomic mass is 10.2. The van der Waals surface area contributed by atoms with Crippen LogP contribution in [-0.2, 0) is 12.7 Å². The number of carbonyl (C=O) groups excluding carboxylic acids is 1. The van der Waals surface area contributed by atoms with Gasteiger partial charge in [0, 0.05) is 22.9 Å². The first-order chi connectivity index (χ1) is 13.7. The van der Waals surface area contributed by atoms with Crippen LogP contribution in [0.4, 0.5) is 29.2 Å². The number of nitrogens with zero attached hydrogens (tertiary/aromatic N) is 2. The molecule has 150 valence electrons. The summed E-state index contributed by atoms with van der Waals surface area (Å²) in [4.78, 5) is 19.6. The Morgan fingerprint density at radius 3 is 2.48 bits per heavy atom. The van der Waals surface area contributed by atoms with Gasteiger partial charge in [0.25, 0.3) is 5.91 Å². The molecule has 2 N–H and O–H groups in total. The predicted molar refractivity (Wildman–Crippen MR) is 102 cm³/mol. The fourth-order valence-corrected chi connectivity index (χ4v) is 2.80. The summed E-state index contributed by atoms with van der Waals surface area (Å²) < 4.78 is 54.0. The lowest BCUT2D eigenvalue weighted by Crippen LogP contribution is -2.27. The van der Waals surface area contributed by atoms with E-state index in [-0.39, 0.29) is 12.5 Å². The van der Waals surface area contributed by atoms with Crippen molar-refractivity contribution in [2.75, 3.05) is 5.32 Å². The standard InChI is InChI=1S/C19H13BrF4N4O/c20-12-2-1-3-14(8-12)27-18-26-10-15(16(28-18)19(22,23)24)17(29)25-9-11-4-6-13(21)7-5-11/h1-8,10H,9H2,(H,25,29)(H,26,27,28). The molecule has 10 heteroatoms. The second-order valence-corrected chi connectivity index (χ2v) is 6.81. The van der Waals surface area contributed by atoms with Crippen LogP contribution in [0.25, 0.3) is 0 Å². The van der Waals surface area contributed by atoms with Crippen molar-refractivity contribution < 1.29 is 22.4 Å². The molecule has 1 amide bonds. The van der Waals surface area contributed by atoms with Crippen LogP contribution in [0.1, 0.15) is 21.6 Å². The van der Waals surface area contributed by atoms with Crippen LogP contribution >= 0.6 is 15.9 Å². The summed E-state index contributed by atoms with van der Waals surface area (Å²) >= 11 is 3.26. The van der Waals surface area contributed by atoms with Gasteiger partial charge in [0.05, 0.1) is 5.56 Å². The van der Waals surface area contributed by atoms with Gasteiger partial charge in [-0.05, 0) is 35.9 Å². The number of halogens is 5. The van der Waals surface area contributed by atoms with Crippen molar-refractivity contribution >= 4 is 33.5 Å². The largest absolute Gasteiger partial charge is 0.434 e. The van der Waals surface area contributed by atoms with Crippen molar-refractivity contribution in [3.05, 3.63) is 81.8 Å². The molecule has 3 aromatic rings. The van der Waals surface area contributed by atoms with Crippen LogP contribution in [0.5, 0.6) is 0 Å². The quantitative estimate of drug-likeness (QED) is 0.513. The maximum Gasteiger partial charge on any atom is 0.434 e. The third-order valence-corrected chi connectivity index (χ3v) is 4.24. The Balaban J connectivity index is 1.81. The molecule has 0 spiro atoms. The average molecular weight is 469 g/mol. The Bertz CT molecular complexity index is 1030. The fourth-order valence-electron chi connectivity index (χ4n) is 2.40. The second kappa shape index (κ2) is 8.56. The van der Waals surface area contributed by atoms with Gasteiger partial charge in [-0.1, -0.05) is 34.1 Å². The molecule has 3 rings (SSSR count). The highest BCUT2D eigenvalue weighted by molar-refractivity contribution is 9.10. The summed E-state index contributed by atoms with van der Waals surface area (Å²) in [5.41, 5.74) is -1.07. The number of rotatable bonds is 5. The van der Waals surface area contributed by atoms with Crippen molar-refractivity contribution in [1.29, 1.82) is 0 Å². The van der Waals surface area contributed by atoms with E-state index in [0.717, 1.165) is 10.7 Å². The van der Waals surface area contributed by atoms with Crippen LogP contribution in [0.2, 0.25) is 0 Å². The molecule has 0 radical (unpaired) electrons. The SMILES string of the molecule is O=C(NCc1ccc(F)cc1)c1cnc(Nc2cccc(Br)c2)nc1C(F)(F)F. The van der Waals surface area contributed by atoms with Crippen LogP contribution in [0.3, 0.4) is 0 Å². The van der Waals surface area contributed by atoms with E-state index in [1.54, 1.807) is 24.3 Å². The highest BCUT2D eigenvalue weighted by atomic mass is 79.9. The van der Waals surface area contributed by atoms with Crippen LogP contribution in [0, 0.1) is 5.82 Å². The number of nitrogens with one attached hydrogen (secondary N) is 2. The highest BCUT2D eigenvalue weighted by Gasteiger charge is 2.38. The van der Waals surface area contributed by atoms with Crippen LogP contribution in [0.15, 0.2) is 59.2 Å². The van der Waals surface area contributed by atoms with Gasteiger partial charge in [0.1, 0.15) is 5.82 Å². The first-order valence-electron chi connectivity index (χ1n) is 8.22. The molecule has 29 heavy (non-hydrogen) atoms. The zero-order chi connectivity index (χ0) is 21.0. The third kappa shape index (κ3) is 5.50. The van der Waals surface area contributed by atoms with Gasteiger partial charge in [0.2, 0.25) is 5.95 Å². The molecule has 0 atom stereocenters. The molecule has 0 bridgehead atoms. The van der Waals surface area contributed by atoms with E-state index in [4.69, 9.17) is 0 Å². The molecule has 1 heterocycles. The monoisotopic (exact) mass is 468 g/mol. The minimum Gasteiger partial charge on any atom is -0.348 e. The molecule has 0 aliphatic carbocycles. The van der Waals surface area contributed by atoms with Gasteiger partial charge in [-0.3, -0.25) is 4.79 Å². The van der Waals surface area contributed by atoms with Crippen molar-refractivity contribution in [1.82, 2.24) is 15.3 Å². The van der Waals surface area contributed by atoms with Gasteiger partial charge < -0.3 is 10.6 Å². The maximum atomic E-state index is 13.5. The Kier molecular flexibility index (Phi) is 6.12. The van der Waals surface area contributed by atoms with Gasteiger partial charge in [-0.15, -0.1) is 0 Å². The summed E-state index contributed by atoms with van der Waals surface area (Å²) in [5, 5.41) is 5.02.